The summed E-state index contributed by atoms with van der Waals surface area (Å²) in [6, 6.07) is 40.9. The lowest BCUT2D eigenvalue weighted by molar-refractivity contribution is -0.131. The van der Waals surface area contributed by atoms with Gasteiger partial charge >= 0.3 is 0 Å². The highest BCUT2D eigenvalue weighted by molar-refractivity contribution is 5.49. The number of rotatable bonds is 10. The average Bonchev–Trinajstić information content (AvgIpc) is 2.90. The topological polar surface area (TPSA) is 41.5 Å². The zero-order valence-corrected chi connectivity index (χ0v) is 19.0. The second kappa shape index (κ2) is 11.1. The van der Waals surface area contributed by atoms with Crippen molar-refractivity contribution < 1.29 is 9.84 Å². The summed E-state index contributed by atoms with van der Waals surface area (Å²) in [7, 11) is 0. The molecule has 0 heterocycles. The number of ether oxygens (including phenoxy) is 1. The molecule has 0 aromatic heterocycles. The largest absolute Gasteiger partial charge is 0.367 e. The van der Waals surface area contributed by atoms with E-state index in [1.807, 2.05) is 48.5 Å². The molecule has 2 unspecified atom stereocenters. The summed E-state index contributed by atoms with van der Waals surface area (Å²) in [6.07, 6.45) is -0.268. The molecule has 0 radical (unpaired) electrons. The van der Waals surface area contributed by atoms with Crippen molar-refractivity contribution in [1.29, 1.82) is 0 Å². The van der Waals surface area contributed by atoms with E-state index in [-0.39, 0.29) is 6.04 Å². The summed E-state index contributed by atoms with van der Waals surface area (Å²) in [4.78, 5) is 0. The lowest BCUT2D eigenvalue weighted by Crippen LogP contribution is -2.54. The van der Waals surface area contributed by atoms with Crippen LogP contribution >= 0.6 is 0 Å². The second-order valence-corrected chi connectivity index (χ2v) is 8.19. The fraction of sp³-hybridized carbons (Fsp3) is 0.200. The van der Waals surface area contributed by atoms with Crippen molar-refractivity contribution in [1.82, 2.24) is 5.32 Å². The highest BCUT2D eigenvalue weighted by atomic mass is 16.6. The fourth-order valence-electron chi connectivity index (χ4n) is 4.34. The zero-order valence-electron chi connectivity index (χ0n) is 19.0. The number of aliphatic hydroxyl groups excluding tert-OH is 1. The Morgan fingerprint density at radius 3 is 1.45 bits per heavy atom. The van der Waals surface area contributed by atoms with Gasteiger partial charge in [0.25, 0.3) is 0 Å². The summed E-state index contributed by atoms with van der Waals surface area (Å²) in [6.45, 7) is 2.42. The van der Waals surface area contributed by atoms with Crippen LogP contribution < -0.4 is 5.32 Å². The summed E-state index contributed by atoms with van der Waals surface area (Å²) < 4.78 is 5.93. The van der Waals surface area contributed by atoms with Crippen LogP contribution in [0.2, 0.25) is 0 Å². The van der Waals surface area contributed by atoms with Gasteiger partial charge in [-0.2, -0.15) is 0 Å². The van der Waals surface area contributed by atoms with E-state index >= 15 is 0 Å². The molecule has 4 aromatic carbocycles. The molecule has 0 aliphatic heterocycles. The number of hydrogen-bond donors (Lipinski definition) is 2. The van der Waals surface area contributed by atoms with Gasteiger partial charge in [-0.3, -0.25) is 5.32 Å². The molecule has 3 nitrogen and oxygen atoms in total. The average molecular weight is 438 g/mol. The summed E-state index contributed by atoms with van der Waals surface area (Å²) in [5.74, 6) is 0. The highest BCUT2D eigenvalue weighted by Gasteiger charge is 2.39. The van der Waals surface area contributed by atoms with Crippen LogP contribution in [-0.2, 0) is 16.9 Å². The van der Waals surface area contributed by atoms with E-state index in [4.69, 9.17) is 4.74 Å². The maximum atomic E-state index is 11.1. The van der Waals surface area contributed by atoms with Crippen molar-refractivity contribution in [2.75, 3.05) is 0 Å². The molecule has 2 atom stereocenters. The molecule has 3 heteroatoms. The van der Waals surface area contributed by atoms with Crippen molar-refractivity contribution >= 4 is 0 Å². The molecule has 168 valence electrons. The predicted octanol–water partition coefficient (Wildman–Crippen LogP) is 5.88. The Labute approximate surface area is 196 Å². The number of aliphatic hydroxyl groups is 1. The van der Waals surface area contributed by atoms with Crippen molar-refractivity contribution in [3.63, 3.8) is 0 Å². The first-order valence-corrected chi connectivity index (χ1v) is 11.5. The molecule has 4 aromatic rings. The maximum Gasteiger partial charge on any atom is 0.170 e. The third-order valence-electron chi connectivity index (χ3n) is 6.07. The van der Waals surface area contributed by atoms with E-state index < -0.39 is 11.8 Å². The van der Waals surface area contributed by atoms with Crippen molar-refractivity contribution in [2.24, 2.45) is 0 Å². The molecule has 4 rings (SSSR count). The predicted molar refractivity (Wildman–Crippen MR) is 134 cm³/mol. The van der Waals surface area contributed by atoms with E-state index in [1.54, 1.807) is 0 Å². The fourth-order valence-corrected chi connectivity index (χ4v) is 4.34. The van der Waals surface area contributed by atoms with Gasteiger partial charge in [0.2, 0.25) is 0 Å². The number of benzene rings is 4. The third kappa shape index (κ3) is 5.23. The smallest absolute Gasteiger partial charge is 0.170 e. The van der Waals surface area contributed by atoms with Crippen LogP contribution in [0.1, 0.15) is 35.6 Å². The monoisotopic (exact) mass is 437 g/mol. The molecular weight excluding hydrogens is 406 g/mol. The molecule has 2 N–H and O–H groups in total. The number of nitrogens with one attached hydrogen (secondary N) is 1. The SMILES string of the molecule is CCC(NC(c1ccccc1)(c1ccccc1)c1ccccc1)C(O)OCc1ccccc1. The van der Waals surface area contributed by atoms with Crippen molar-refractivity contribution in [2.45, 2.75) is 37.8 Å². The summed E-state index contributed by atoms with van der Waals surface area (Å²) >= 11 is 0. The van der Waals surface area contributed by atoms with Crippen molar-refractivity contribution in [3.05, 3.63) is 144 Å². The van der Waals surface area contributed by atoms with Gasteiger partial charge in [0, 0.05) is 0 Å². The Morgan fingerprint density at radius 1 is 0.667 bits per heavy atom. The van der Waals surface area contributed by atoms with Gasteiger partial charge in [-0.05, 0) is 28.7 Å². The standard InChI is InChI=1S/C30H31NO2/c1-2-28(29(32)33-23-24-15-7-3-8-16-24)31-30(25-17-9-4-10-18-25,26-19-11-5-12-20-26)27-21-13-6-14-22-27/h3-22,28-29,31-32H,2,23H2,1H3. The molecule has 33 heavy (non-hydrogen) atoms. The molecule has 0 fully saturated rings. The Hall–Kier alpha value is -3.24. The first-order valence-electron chi connectivity index (χ1n) is 11.5. The van der Waals surface area contributed by atoms with E-state index in [9.17, 15) is 5.11 Å². The van der Waals surface area contributed by atoms with Gasteiger partial charge < -0.3 is 9.84 Å². The minimum Gasteiger partial charge on any atom is -0.367 e. The Kier molecular flexibility index (Phi) is 7.69. The quantitative estimate of drug-likeness (QED) is 0.240. The van der Waals surface area contributed by atoms with Gasteiger partial charge in [0.1, 0.15) is 0 Å². The van der Waals surface area contributed by atoms with Crippen LogP contribution in [-0.4, -0.2) is 17.4 Å². The van der Waals surface area contributed by atoms with Crippen LogP contribution in [0.4, 0.5) is 0 Å². The van der Waals surface area contributed by atoms with E-state index in [2.05, 4.69) is 85.0 Å². The van der Waals surface area contributed by atoms with Gasteiger partial charge in [0.05, 0.1) is 18.2 Å². The van der Waals surface area contributed by atoms with Crippen molar-refractivity contribution in [3.8, 4) is 0 Å². The molecule has 0 aliphatic rings. The van der Waals surface area contributed by atoms with Crippen LogP contribution in [0.15, 0.2) is 121 Å². The third-order valence-corrected chi connectivity index (χ3v) is 6.07. The van der Waals surface area contributed by atoms with Gasteiger partial charge in [-0.25, -0.2) is 0 Å². The molecule has 0 saturated carbocycles. The van der Waals surface area contributed by atoms with Gasteiger partial charge in [-0.15, -0.1) is 0 Å². The molecule has 0 saturated heterocycles. The Morgan fingerprint density at radius 2 is 1.06 bits per heavy atom. The number of hydrogen-bond acceptors (Lipinski definition) is 3. The maximum absolute atomic E-state index is 11.1. The molecule has 0 spiro atoms. The molecule has 0 amide bonds. The first kappa shape index (κ1) is 22.9. The lowest BCUT2D eigenvalue weighted by Gasteiger charge is -2.41. The van der Waals surface area contributed by atoms with Crippen LogP contribution in [0, 0.1) is 0 Å². The lowest BCUT2D eigenvalue weighted by atomic mass is 9.76. The van der Waals surface area contributed by atoms with Crippen LogP contribution in [0.5, 0.6) is 0 Å². The van der Waals surface area contributed by atoms with E-state index in [1.165, 1.54) is 0 Å². The molecule has 0 aliphatic carbocycles. The molecule has 0 bridgehead atoms. The second-order valence-electron chi connectivity index (χ2n) is 8.19. The van der Waals surface area contributed by atoms with Crippen LogP contribution in [0.25, 0.3) is 0 Å². The Bertz CT molecular complexity index is 989. The van der Waals surface area contributed by atoms with Gasteiger partial charge in [0.15, 0.2) is 6.29 Å². The van der Waals surface area contributed by atoms with E-state index in [0.717, 1.165) is 22.3 Å². The van der Waals surface area contributed by atoms with Gasteiger partial charge in [-0.1, -0.05) is 128 Å². The normalized spacial score (nSPS) is 13.4. The minimum absolute atomic E-state index is 0.297. The minimum atomic E-state index is -0.967. The highest BCUT2D eigenvalue weighted by Crippen LogP contribution is 2.37. The first-order chi connectivity index (χ1) is 16.2. The molecular formula is C30H31NO2. The van der Waals surface area contributed by atoms with Crippen LogP contribution in [0.3, 0.4) is 0 Å². The van der Waals surface area contributed by atoms with E-state index in [0.29, 0.717) is 13.0 Å². The Balaban J connectivity index is 1.74. The summed E-state index contributed by atoms with van der Waals surface area (Å²) in [5, 5.41) is 14.9. The summed E-state index contributed by atoms with van der Waals surface area (Å²) in [5.41, 5.74) is 3.71. The zero-order chi connectivity index (χ0) is 22.9.